The van der Waals surface area contributed by atoms with Crippen molar-refractivity contribution in [2.45, 2.75) is 32.1 Å². The van der Waals surface area contributed by atoms with Crippen molar-refractivity contribution in [3.05, 3.63) is 46.5 Å². The molecule has 0 unspecified atom stereocenters. The number of carboxylic acids is 1. The Hall–Kier alpha value is -1.99. The Balaban J connectivity index is 3.83. The lowest BCUT2D eigenvalue weighted by Crippen LogP contribution is -2.20. The van der Waals surface area contributed by atoms with Crippen LogP contribution in [-0.4, -0.2) is 11.1 Å². The molecule has 1 N–H and O–H groups in total. The minimum absolute atomic E-state index is 0.379. The lowest BCUT2D eigenvalue weighted by Gasteiger charge is -2.22. The summed E-state index contributed by atoms with van der Waals surface area (Å²) >= 11 is 0. The molecule has 0 saturated carbocycles. The molecule has 0 aromatic heterocycles. The first-order valence-corrected chi connectivity index (χ1v) is 6.02. The van der Waals surface area contributed by atoms with Crippen LogP contribution in [0.2, 0.25) is 0 Å². The average Bonchev–Trinajstić information content (AvgIpc) is 2.28. The maximum absolute atomic E-state index is 13.2. The third kappa shape index (κ3) is 3.80. The molecular weight excluding hydrogens is 314 g/mol. The lowest BCUT2D eigenvalue weighted by atomic mass is 9.88. The van der Waals surface area contributed by atoms with Crippen LogP contribution in [0, 0.1) is 6.92 Å². The minimum atomic E-state index is -5.03. The van der Waals surface area contributed by atoms with Crippen LogP contribution in [-0.2, 0) is 30.0 Å². The number of alkyl halides is 6. The average molecular weight is 326 g/mol. The van der Waals surface area contributed by atoms with E-state index in [2.05, 4.69) is 6.58 Å². The van der Waals surface area contributed by atoms with Gasteiger partial charge in [0.15, 0.2) is 0 Å². The standard InChI is InChI=1S/C14H12F6O2/c1-3-4-9-8(6-11(21)22)5-10(13(15,16)17)7(2)12(9)14(18,19)20/h3,5H,1,4,6H2,2H3,(H,21,22). The Kier molecular flexibility index (Phi) is 4.94. The molecule has 1 aromatic rings. The molecule has 0 aliphatic rings. The van der Waals surface area contributed by atoms with Gasteiger partial charge in [-0.05, 0) is 36.1 Å². The zero-order valence-electron chi connectivity index (χ0n) is 11.4. The molecule has 0 spiro atoms. The Morgan fingerprint density at radius 2 is 1.77 bits per heavy atom. The van der Waals surface area contributed by atoms with Gasteiger partial charge in [0.1, 0.15) is 0 Å². The summed E-state index contributed by atoms with van der Waals surface area (Å²) in [6.07, 6.45) is -10.3. The number of carbonyl (C=O) groups is 1. The van der Waals surface area contributed by atoms with Gasteiger partial charge in [-0.15, -0.1) is 6.58 Å². The SMILES string of the molecule is C=CCc1c(CC(=O)O)cc(C(F)(F)F)c(C)c1C(F)(F)F. The Morgan fingerprint density at radius 1 is 1.23 bits per heavy atom. The maximum Gasteiger partial charge on any atom is 0.416 e. The van der Waals surface area contributed by atoms with E-state index in [1.54, 1.807) is 0 Å². The molecule has 122 valence electrons. The van der Waals surface area contributed by atoms with Gasteiger partial charge < -0.3 is 5.11 Å². The van der Waals surface area contributed by atoms with Crippen LogP contribution in [0.4, 0.5) is 26.3 Å². The molecule has 0 saturated heterocycles. The largest absolute Gasteiger partial charge is 0.481 e. The molecule has 22 heavy (non-hydrogen) atoms. The highest BCUT2D eigenvalue weighted by molar-refractivity contribution is 5.71. The number of hydrogen-bond acceptors (Lipinski definition) is 1. The summed E-state index contributed by atoms with van der Waals surface area (Å²) in [5, 5.41) is 8.73. The lowest BCUT2D eigenvalue weighted by molar-refractivity contribution is -0.145. The second-order valence-corrected chi connectivity index (χ2v) is 4.62. The molecule has 0 aliphatic heterocycles. The van der Waals surface area contributed by atoms with Crippen molar-refractivity contribution in [3.8, 4) is 0 Å². The van der Waals surface area contributed by atoms with E-state index in [-0.39, 0.29) is 6.42 Å². The van der Waals surface area contributed by atoms with Crippen molar-refractivity contribution in [1.29, 1.82) is 0 Å². The predicted octanol–water partition coefficient (Wildman–Crippen LogP) is 4.39. The van der Waals surface area contributed by atoms with Crippen molar-refractivity contribution in [1.82, 2.24) is 0 Å². The molecule has 0 bridgehead atoms. The van der Waals surface area contributed by atoms with E-state index < -0.39 is 52.6 Å². The van der Waals surface area contributed by atoms with Crippen LogP contribution in [0.1, 0.15) is 27.8 Å². The van der Waals surface area contributed by atoms with Gasteiger partial charge in [0.05, 0.1) is 17.5 Å². The minimum Gasteiger partial charge on any atom is -0.481 e. The van der Waals surface area contributed by atoms with Crippen LogP contribution in [0.3, 0.4) is 0 Å². The topological polar surface area (TPSA) is 37.3 Å². The van der Waals surface area contributed by atoms with Crippen LogP contribution in [0.15, 0.2) is 18.7 Å². The van der Waals surface area contributed by atoms with Gasteiger partial charge >= 0.3 is 18.3 Å². The zero-order valence-corrected chi connectivity index (χ0v) is 11.4. The Morgan fingerprint density at radius 3 is 2.14 bits per heavy atom. The maximum atomic E-state index is 13.2. The molecule has 0 heterocycles. The van der Waals surface area contributed by atoms with E-state index in [1.165, 1.54) is 0 Å². The van der Waals surface area contributed by atoms with E-state index in [0.29, 0.717) is 6.07 Å². The summed E-state index contributed by atoms with van der Waals surface area (Å²) in [6, 6.07) is 0.470. The number of aliphatic carboxylic acids is 1. The molecule has 0 atom stereocenters. The molecule has 0 radical (unpaired) electrons. The second kappa shape index (κ2) is 6.02. The highest BCUT2D eigenvalue weighted by Gasteiger charge is 2.42. The fourth-order valence-electron chi connectivity index (χ4n) is 2.27. The van der Waals surface area contributed by atoms with Gasteiger partial charge in [0, 0.05) is 0 Å². The van der Waals surface area contributed by atoms with E-state index in [0.717, 1.165) is 13.0 Å². The highest BCUT2D eigenvalue weighted by Crippen LogP contribution is 2.42. The number of hydrogen-bond donors (Lipinski definition) is 1. The quantitative estimate of drug-likeness (QED) is 0.658. The highest BCUT2D eigenvalue weighted by atomic mass is 19.4. The van der Waals surface area contributed by atoms with Crippen molar-refractivity contribution in [3.63, 3.8) is 0 Å². The number of rotatable bonds is 4. The first-order chi connectivity index (χ1) is 9.89. The first kappa shape index (κ1) is 18.1. The summed E-state index contributed by atoms with van der Waals surface area (Å²) in [5.74, 6) is -1.52. The first-order valence-electron chi connectivity index (χ1n) is 6.02. The van der Waals surface area contributed by atoms with Crippen LogP contribution < -0.4 is 0 Å². The normalized spacial score (nSPS) is 12.3. The third-order valence-corrected chi connectivity index (χ3v) is 3.07. The zero-order chi connectivity index (χ0) is 17.3. The monoisotopic (exact) mass is 326 g/mol. The van der Waals surface area contributed by atoms with Gasteiger partial charge in [-0.25, -0.2) is 0 Å². The van der Waals surface area contributed by atoms with Gasteiger partial charge in [-0.2, -0.15) is 26.3 Å². The number of allylic oxidation sites excluding steroid dienone is 1. The van der Waals surface area contributed by atoms with E-state index in [4.69, 9.17) is 5.11 Å². The van der Waals surface area contributed by atoms with Crippen LogP contribution in [0.25, 0.3) is 0 Å². The molecule has 0 fully saturated rings. The number of carboxylic acid groups (broad SMARTS) is 1. The molecular formula is C14H12F6O2. The molecule has 0 aliphatic carbocycles. The van der Waals surface area contributed by atoms with E-state index in [1.807, 2.05) is 0 Å². The van der Waals surface area contributed by atoms with Crippen molar-refractivity contribution >= 4 is 5.97 Å². The molecule has 2 nitrogen and oxygen atoms in total. The number of halogens is 6. The Labute approximate surface area is 122 Å². The molecule has 0 amide bonds. The molecule has 1 aromatic carbocycles. The Bertz CT molecular complexity index is 599. The summed E-state index contributed by atoms with van der Waals surface area (Å²) in [5.41, 5.74) is -4.90. The third-order valence-electron chi connectivity index (χ3n) is 3.07. The van der Waals surface area contributed by atoms with Gasteiger partial charge in [0.2, 0.25) is 0 Å². The molecule has 8 heteroatoms. The summed E-state index contributed by atoms with van der Waals surface area (Å²) in [6.45, 7) is 3.99. The van der Waals surface area contributed by atoms with Gasteiger partial charge in [0.25, 0.3) is 0 Å². The summed E-state index contributed by atoms with van der Waals surface area (Å²) in [7, 11) is 0. The van der Waals surface area contributed by atoms with Crippen LogP contribution in [0.5, 0.6) is 0 Å². The van der Waals surface area contributed by atoms with Gasteiger partial charge in [-0.3, -0.25) is 4.79 Å². The van der Waals surface area contributed by atoms with E-state index >= 15 is 0 Å². The fraction of sp³-hybridized carbons (Fsp3) is 0.357. The fourth-order valence-corrected chi connectivity index (χ4v) is 2.27. The van der Waals surface area contributed by atoms with Crippen molar-refractivity contribution in [2.24, 2.45) is 0 Å². The molecule has 1 rings (SSSR count). The van der Waals surface area contributed by atoms with Crippen molar-refractivity contribution < 1.29 is 36.2 Å². The summed E-state index contributed by atoms with van der Waals surface area (Å²) in [4.78, 5) is 10.7. The second-order valence-electron chi connectivity index (χ2n) is 4.62. The van der Waals surface area contributed by atoms with Crippen molar-refractivity contribution in [2.75, 3.05) is 0 Å². The number of benzene rings is 1. The summed E-state index contributed by atoms with van der Waals surface area (Å²) < 4.78 is 78.3. The van der Waals surface area contributed by atoms with Crippen LogP contribution >= 0.6 is 0 Å². The van der Waals surface area contributed by atoms with Gasteiger partial charge in [-0.1, -0.05) is 6.08 Å². The smallest absolute Gasteiger partial charge is 0.416 e. The predicted molar refractivity (Wildman–Crippen MR) is 66.4 cm³/mol. The van der Waals surface area contributed by atoms with E-state index in [9.17, 15) is 31.1 Å².